The lowest BCUT2D eigenvalue weighted by Gasteiger charge is -2.10. The number of aliphatic hydroxyl groups excluding tert-OH is 1. The molecule has 1 unspecified atom stereocenters. The van der Waals surface area contributed by atoms with Gasteiger partial charge in [-0.3, -0.25) is 4.68 Å². The molecule has 0 spiro atoms. The van der Waals surface area contributed by atoms with E-state index in [9.17, 15) is 5.11 Å². The van der Waals surface area contributed by atoms with Crippen molar-refractivity contribution < 1.29 is 5.11 Å². The molecule has 160 valence electrons. The molecule has 3 heterocycles. The predicted octanol–water partition coefficient (Wildman–Crippen LogP) is 3.09. The second-order valence-electron chi connectivity index (χ2n) is 7.50. The zero-order valence-corrected chi connectivity index (χ0v) is 18.5. The summed E-state index contributed by atoms with van der Waals surface area (Å²) in [7, 11) is 1.79. The van der Waals surface area contributed by atoms with Crippen LogP contribution in [0.15, 0.2) is 30.5 Å². The van der Waals surface area contributed by atoms with Crippen LogP contribution in [-0.2, 0) is 13.6 Å². The third-order valence-electron chi connectivity index (χ3n) is 5.22. The van der Waals surface area contributed by atoms with Gasteiger partial charge in [-0.2, -0.15) is 5.10 Å². The maximum absolute atomic E-state index is 9.81. The number of aromatic nitrogens is 7. The second-order valence-corrected chi connectivity index (χ2v) is 7.88. The van der Waals surface area contributed by atoms with Crippen LogP contribution in [0.1, 0.15) is 35.5 Å². The lowest BCUT2D eigenvalue weighted by atomic mass is 10.0. The Morgan fingerprint density at radius 1 is 1.23 bits per heavy atom. The Hall–Kier alpha value is -3.30. The minimum atomic E-state index is -0.608. The summed E-state index contributed by atoms with van der Waals surface area (Å²) in [5.74, 6) is 0.669. The van der Waals surface area contributed by atoms with Crippen molar-refractivity contribution in [2.75, 3.05) is 5.73 Å². The fourth-order valence-electron chi connectivity index (χ4n) is 3.41. The summed E-state index contributed by atoms with van der Waals surface area (Å²) < 4.78 is 3.28. The van der Waals surface area contributed by atoms with Gasteiger partial charge >= 0.3 is 0 Å². The van der Waals surface area contributed by atoms with Gasteiger partial charge in [0.25, 0.3) is 0 Å². The first kappa shape index (κ1) is 21.0. The van der Waals surface area contributed by atoms with Crippen molar-refractivity contribution in [1.29, 1.82) is 0 Å². The average molecular weight is 439 g/mol. The lowest BCUT2D eigenvalue weighted by molar-refractivity contribution is 0.189. The molecule has 10 heteroatoms. The molecule has 0 saturated carbocycles. The van der Waals surface area contributed by atoms with Crippen molar-refractivity contribution in [2.24, 2.45) is 7.05 Å². The lowest BCUT2D eigenvalue weighted by Crippen LogP contribution is -2.03. The molecule has 0 bridgehead atoms. The molecule has 3 N–H and O–H groups in total. The molecular weight excluding hydrogens is 416 g/mol. The Morgan fingerprint density at radius 3 is 2.71 bits per heavy atom. The van der Waals surface area contributed by atoms with Crippen molar-refractivity contribution in [3.63, 3.8) is 0 Å². The Kier molecular flexibility index (Phi) is 5.47. The van der Waals surface area contributed by atoms with E-state index in [-0.39, 0.29) is 10.8 Å². The molecule has 0 aliphatic carbocycles. The molecule has 0 fully saturated rings. The van der Waals surface area contributed by atoms with Gasteiger partial charge in [-0.05, 0) is 38.0 Å². The van der Waals surface area contributed by atoms with E-state index in [0.717, 1.165) is 28.1 Å². The van der Waals surface area contributed by atoms with E-state index in [0.29, 0.717) is 23.8 Å². The van der Waals surface area contributed by atoms with Gasteiger partial charge in [0.15, 0.2) is 5.82 Å². The van der Waals surface area contributed by atoms with Crippen LogP contribution >= 0.6 is 11.6 Å². The maximum atomic E-state index is 9.81. The van der Waals surface area contributed by atoms with Crippen LogP contribution in [0.25, 0.3) is 22.8 Å². The minimum Gasteiger partial charge on any atom is -0.387 e. The monoisotopic (exact) mass is 438 g/mol. The number of benzene rings is 1. The SMILES string of the molecule is Cc1cccc(-c2nc(N)c(Cl)c(-c3cn(Cc4cc(C(C)O)n(C)n4)nn3)n2)c1C. The van der Waals surface area contributed by atoms with Crippen LogP contribution in [-0.4, -0.2) is 39.8 Å². The van der Waals surface area contributed by atoms with Gasteiger partial charge in [-0.25, -0.2) is 14.6 Å². The second kappa shape index (κ2) is 8.09. The highest BCUT2D eigenvalue weighted by molar-refractivity contribution is 6.35. The number of halogens is 1. The molecule has 3 aromatic heterocycles. The Morgan fingerprint density at radius 2 is 2.00 bits per heavy atom. The smallest absolute Gasteiger partial charge is 0.162 e. The van der Waals surface area contributed by atoms with Crippen molar-refractivity contribution in [2.45, 2.75) is 33.4 Å². The summed E-state index contributed by atoms with van der Waals surface area (Å²) in [5.41, 5.74) is 11.6. The van der Waals surface area contributed by atoms with Crippen LogP contribution < -0.4 is 5.73 Å². The maximum Gasteiger partial charge on any atom is 0.162 e. The first-order chi connectivity index (χ1) is 14.7. The fourth-order valence-corrected chi connectivity index (χ4v) is 3.59. The summed E-state index contributed by atoms with van der Waals surface area (Å²) in [6.45, 7) is 6.13. The van der Waals surface area contributed by atoms with Gasteiger partial charge in [-0.15, -0.1) is 5.10 Å². The van der Waals surface area contributed by atoms with E-state index in [4.69, 9.17) is 17.3 Å². The number of rotatable bonds is 5. The van der Waals surface area contributed by atoms with Crippen LogP contribution in [0.3, 0.4) is 0 Å². The quantitative estimate of drug-likeness (QED) is 0.491. The first-order valence-corrected chi connectivity index (χ1v) is 10.1. The van der Waals surface area contributed by atoms with Crippen LogP contribution in [0.4, 0.5) is 5.82 Å². The normalized spacial score (nSPS) is 12.3. The minimum absolute atomic E-state index is 0.184. The van der Waals surface area contributed by atoms with Gasteiger partial charge in [0.2, 0.25) is 0 Å². The molecule has 0 amide bonds. The van der Waals surface area contributed by atoms with E-state index >= 15 is 0 Å². The molecule has 0 aliphatic rings. The third kappa shape index (κ3) is 4.01. The summed E-state index contributed by atoms with van der Waals surface area (Å²) in [6.07, 6.45) is 1.13. The molecule has 1 aromatic carbocycles. The molecule has 0 aliphatic heterocycles. The number of nitrogens with zero attached hydrogens (tertiary/aromatic N) is 7. The summed E-state index contributed by atoms with van der Waals surface area (Å²) in [6, 6.07) is 7.77. The number of hydrogen-bond acceptors (Lipinski definition) is 7. The number of anilines is 1. The Balaban J connectivity index is 1.69. The van der Waals surface area contributed by atoms with Gasteiger partial charge in [0.05, 0.1) is 30.2 Å². The van der Waals surface area contributed by atoms with Crippen molar-refractivity contribution in [3.05, 3.63) is 58.0 Å². The zero-order valence-electron chi connectivity index (χ0n) is 17.7. The predicted molar refractivity (Wildman–Crippen MR) is 118 cm³/mol. The largest absolute Gasteiger partial charge is 0.387 e. The van der Waals surface area contributed by atoms with E-state index < -0.39 is 6.10 Å². The fraction of sp³-hybridized carbons (Fsp3) is 0.286. The van der Waals surface area contributed by atoms with Gasteiger partial charge < -0.3 is 10.8 Å². The highest BCUT2D eigenvalue weighted by Gasteiger charge is 2.18. The molecule has 1 atom stereocenters. The number of aryl methyl sites for hydroxylation is 2. The van der Waals surface area contributed by atoms with Crippen molar-refractivity contribution in [3.8, 4) is 22.8 Å². The number of hydrogen-bond donors (Lipinski definition) is 2. The van der Waals surface area contributed by atoms with Gasteiger partial charge in [0.1, 0.15) is 22.2 Å². The molecule has 4 aromatic rings. The van der Waals surface area contributed by atoms with E-state index in [1.54, 1.807) is 29.5 Å². The summed E-state index contributed by atoms with van der Waals surface area (Å²) >= 11 is 6.42. The highest BCUT2D eigenvalue weighted by Crippen LogP contribution is 2.32. The van der Waals surface area contributed by atoms with E-state index in [1.807, 2.05) is 38.1 Å². The molecule has 0 radical (unpaired) electrons. The van der Waals surface area contributed by atoms with Gasteiger partial charge in [0, 0.05) is 12.6 Å². The van der Waals surface area contributed by atoms with E-state index in [2.05, 4.69) is 25.4 Å². The number of aliphatic hydroxyl groups is 1. The molecule has 31 heavy (non-hydrogen) atoms. The van der Waals surface area contributed by atoms with Crippen molar-refractivity contribution >= 4 is 17.4 Å². The van der Waals surface area contributed by atoms with Gasteiger partial charge in [-0.1, -0.05) is 35.0 Å². The molecule has 0 saturated heterocycles. The van der Waals surface area contributed by atoms with E-state index in [1.165, 1.54) is 0 Å². The summed E-state index contributed by atoms with van der Waals surface area (Å²) in [5, 5.41) is 22.8. The van der Waals surface area contributed by atoms with Crippen molar-refractivity contribution in [1.82, 2.24) is 34.7 Å². The number of nitrogen functional groups attached to an aromatic ring is 1. The first-order valence-electron chi connectivity index (χ1n) is 9.75. The Labute approximate surface area is 184 Å². The van der Waals surface area contributed by atoms with Crippen LogP contribution in [0.2, 0.25) is 5.02 Å². The Bertz CT molecular complexity index is 1260. The molecule has 4 rings (SSSR count). The average Bonchev–Trinajstić information content (AvgIpc) is 3.33. The zero-order chi connectivity index (χ0) is 22.3. The van der Waals surface area contributed by atoms with Crippen LogP contribution in [0.5, 0.6) is 0 Å². The molecule has 9 nitrogen and oxygen atoms in total. The number of nitrogens with two attached hydrogens (primary N) is 1. The van der Waals surface area contributed by atoms with Crippen LogP contribution in [0, 0.1) is 13.8 Å². The summed E-state index contributed by atoms with van der Waals surface area (Å²) in [4.78, 5) is 9.02. The standard InChI is InChI=1S/C21H23ClN8O/c1-11-6-5-7-15(12(11)2)21-24-19(18(22)20(23)25-21)16-10-30(28-26-16)9-14-8-17(13(3)31)29(4)27-14/h5-8,10,13,31H,9H2,1-4H3,(H2,23,24,25). The molecular formula is C21H23ClN8O. The topological polar surface area (TPSA) is 121 Å². The third-order valence-corrected chi connectivity index (χ3v) is 5.59. The highest BCUT2D eigenvalue weighted by atomic mass is 35.5.